The molecular formula is C17H29NO. The molecule has 1 rings (SSSR count). The van der Waals surface area contributed by atoms with Crippen LogP contribution in [0.15, 0.2) is 30.3 Å². The van der Waals surface area contributed by atoms with E-state index in [1.54, 1.807) is 0 Å². The third-order valence-electron chi connectivity index (χ3n) is 3.45. The zero-order valence-electron chi connectivity index (χ0n) is 12.7. The van der Waals surface area contributed by atoms with E-state index in [0.717, 1.165) is 19.8 Å². The Morgan fingerprint density at radius 2 is 1.84 bits per heavy atom. The number of ether oxygens (including phenoxy) is 1. The first kappa shape index (κ1) is 16.2. The minimum absolute atomic E-state index is 0.483. The Balaban J connectivity index is 2.11. The van der Waals surface area contributed by atoms with Crippen molar-refractivity contribution >= 4 is 0 Å². The number of aryl methyl sites for hydroxylation is 1. The molecule has 0 bridgehead atoms. The van der Waals surface area contributed by atoms with Crippen molar-refractivity contribution in [3.8, 4) is 0 Å². The minimum Gasteiger partial charge on any atom is -0.380 e. The smallest absolute Gasteiger partial charge is 0.0621 e. The van der Waals surface area contributed by atoms with Gasteiger partial charge in [0.15, 0.2) is 0 Å². The van der Waals surface area contributed by atoms with Gasteiger partial charge in [0.25, 0.3) is 0 Å². The number of rotatable bonds is 10. The quantitative estimate of drug-likeness (QED) is 0.650. The lowest BCUT2D eigenvalue weighted by Crippen LogP contribution is -2.38. The lowest BCUT2D eigenvalue weighted by Gasteiger charge is -2.22. The van der Waals surface area contributed by atoms with E-state index in [9.17, 15) is 0 Å². The van der Waals surface area contributed by atoms with Gasteiger partial charge in [-0.3, -0.25) is 0 Å². The molecular weight excluding hydrogens is 234 g/mol. The van der Waals surface area contributed by atoms with Crippen LogP contribution in [0.25, 0.3) is 0 Å². The molecule has 0 saturated heterocycles. The van der Waals surface area contributed by atoms with Crippen molar-refractivity contribution in [1.29, 1.82) is 0 Å². The molecule has 1 aromatic carbocycles. The summed E-state index contributed by atoms with van der Waals surface area (Å²) in [5.41, 5.74) is 1.44. The Bertz CT molecular complexity index is 310. The number of benzene rings is 1. The second-order valence-electron chi connectivity index (χ2n) is 5.41. The maximum atomic E-state index is 5.52. The molecule has 0 fully saturated rings. The molecule has 19 heavy (non-hydrogen) atoms. The van der Waals surface area contributed by atoms with Gasteiger partial charge in [0.1, 0.15) is 0 Å². The van der Waals surface area contributed by atoms with Gasteiger partial charge >= 0.3 is 0 Å². The fourth-order valence-electron chi connectivity index (χ4n) is 2.12. The molecule has 0 saturated carbocycles. The lowest BCUT2D eigenvalue weighted by molar-refractivity contribution is 0.108. The van der Waals surface area contributed by atoms with Crippen LogP contribution in [0.1, 0.15) is 39.2 Å². The van der Waals surface area contributed by atoms with Gasteiger partial charge < -0.3 is 10.1 Å². The van der Waals surface area contributed by atoms with E-state index in [0.29, 0.717) is 12.0 Å². The summed E-state index contributed by atoms with van der Waals surface area (Å²) in [6.07, 6.45) is 3.65. The molecule has 108 valence electrons. The SMILES string of the molecule is CCOCC(NCCCCc1ccccc1)C(C)C. The molecule has 0 aliphatic rings. The molecule has 2 heteroatoms. The number of hydrogen-bond acceptors (Lipinski definition) is 2. The summed E-state index contributed by atoms with van der Waals surface area (Å²) in [5.74, 6) is 0.626. The van der Waals surface area contributed by atoms with Crippen molar-refractivity contribution in [2.45, 2.75) is 46.1 Å². The van der Waals surface area contributed by atoms with Gasteiger partial charge in [-0.2, -0.15) is 0 Å². The maximum absolute atomic E-state index is 5.52. The van der Waals surface area contributed by atoms with E-state index >= 15 is 0 Å². The summed E-state index contributed by atoms with van der Waals surface area (Å²) in [4.78, 5) is 0. The van der Waals surface area contributed by atoms with Crippen molar-refractivity contribution in [1.82, 2.24) is 5.32 Å². The van der Waals surface area contributed by atoms with Crippen molar-refractivity contribution in [3.05, 3.63) is 35.9 Å². The highest BCUT2D eigenvalue weighted by molar-refractivity contribution is 5.14. The van der Waals surface area contributed by atoms with Crippen LogP contribution in [0.4, 0.5) is 0 Å². The first-order valence-corrected chi connectivity index (χ1v) is 7.59. The van der Waals surface area contributed by atoms with Gasteiger partial charge in [-0.15, -0.1) is 0 Å². The third kappa shape index (κ3) is 7.34. The van der Waals surface area contributed by atoms with E-state index in [2.05, 4.69) is 56.4 Å². The Morgan fingerprint density at radius 3 is 2.47 bits per heavy atom. The molecule has 0 radical (unpaired) electrons. The summed E-state index contributed by atoms with van der Waals surface area (Å²) >= 11 is 0. The number of nitrogens with one attached hydrogen (secondary N) is 1. The highest BCUT2D eigenvalue weighted by Crippen LogP contribution is 2.05. The Labute approximate surface area is 118 Å². The highest BCUT2D eigenvalue weighted by Gasteiger charge is 2.11. The van der Waals surface area contributed by atoms with Crippen LogP contribution < -0.4 is 5.32 Å². The molecule has 1 N–H and O–H groups in total. The normalized spacial score (nSPS) is 12.8. The van der Waals surface area contributed by atoms with Gasteiger partial charge in [0.2, 0.25) is 0 Å². The van der Waals surface area contributed by atoms with Crippen molar-refractivity contribution in [3.63, 3.8) is 0 Å². The van der Waals surface area contributed by atoms with Gasteiger partial charge in [-0.25, -0.2) is 0 Å². The topological polar surface area (TPSA) is 21.3 Å². The molecule has 1 atom stereocenters. The van der Waals surface area contributed by atoms with Crippen LogP contribution in [-0.2, 0) is 11.2 Å². The zero-order chi connectivity index (χ0) is 13.9. The number of hydrogen-bond donors (Lipinski definition) is 1. The van der Waals surface area contributed by atoms with Crippen LogP contribution in [0.3, 0.4) is 0 Å². The molecule has 2 nitrogen and oxygen atoms in total. The molecule has 0 amide bonds. The third-order valence-corrected chi connectivity index (χ3v) is 3.45. The molecule has 0 spiro atoms. The van der Waals surface area contributed by atoms with Gasteiger partial charge in [-0.05, 0) is 44.2 Å². The standard InChI is InChI=1S/C17H29NO/c1-4-19-14-17(15(2)3)18-13-9-8-12-16-10-6-5-7-11-16/h5-7,10-11,15,17-18H,4,8-9,12-14H2,1-3H3. The maximum Gasteiger partial charge on any atom is 0.0621 e. The fourth-order valence-corrected chi connectivity index (χ4v) is 2.12. The van der Waals surface area contributed by atoms with Crippen LogP contribution in [0.5, 0.6) is 0 Å². The molecule has 1 unspecified atom stereocenters. The van der Waals surface area contributed by atoms with Gasteiger partial charge in [-0.1, -0.05) is 44.2 Å². The zero-order valence-corrected chi connectivity index (χ0v) is 12.7. The van der Waals surface area contributed by atoms with Crippen molar-refractivity contribution in [2.75, 3.05) is 19.8 Å². The summed E-state index contributed by atoms with van der Waals surface area (Å²) < 4.78 is 5.52. The van der Waals surface area contributed by atoms with Crippen LogP contribution in [0.2, 0.25) is 0 Å². The van der Waals surface area contributed by atoms with E-state index in [1.165, 1.54) is 24.8 Å². The van der Waals surface area contributed by atoms with E-state index < -0.39 is 0 Å². The number of unbranched alkanes of at least 4 members (excludes halogenated alkanes) is 1. The molecule has 1 aromatic rings. The Kier molecular flexibility index (Phi) is 8.52. The minimum atomic E-state index is 0.483. The Morgan fingerprint density at radius 1 is 1.11 bits per heavy atom. The molecule has 0 aliphatic heterocycles. The van der Waals surface area contributed by atoms with Gasteiger partial charge in [0, 0.05) is 12.6 Å². The van der Waals surface area contributed by atoms with Crippen LogP contribution >= 0.6 is 0 Å². The lowest BCUT2D eigenvalue weighted by atomic mass is 10.0. The summed E-state index contributed by atoms with van der Waals surface area (Å²) in [6.45, 7) is 9.27. The first-order valence-electron chi connectivity index (χ1n) is 7.59. The predicted molar refractivity (Wildman–Crippen MR) is 82.5 cm³/mol. The van der Waals surface area contributed by atoms with Crippen molar-refractivity contribution in [2.24, 2.45) is 5.92 Å². The van der Waals surface area contributed by atoms with Gasteiger partial charge in [0.05, 0.1) is 6.61 Å². The molecule has 0 heterocycles. The predicted octanol–water partition coefficient (Wildman–Crippen LogP) is 3.66. The van der Waals surface area contributed by atoms with Crippen LogP contribution in [0, 0.1) is 5.92 Å². The summed E-state index contributed by atoms with van der Waals surface area (Å²) in [6, 6.07) is 11.2. The largest absolute Gasteiger partial charge is 0.380 e. The monoisotopic (exact) mass is 263 g/mol. The second-order valence-corrected chi connectivity index (χ2v) is 5.41. The molecule has 0 aromatic heterocycles. The fraction of sp³-hybridized carbons (Fsp3) is 0.647. The summed E-state index contributed by atoms with van der Waals surface area (Å²) in [5, 5.41) is 3.62. The molecule has 0 aliphatic carbocycles. The highest BCUT2D eigenvalue weighted by atomic mass is 16.5. The average molecular weight is 263 g/mol. The van der Waals surface area contributed by atoms with E-state index in [1.807, 2.05) is 0 Å². The average Bonchev–Trinajstić information content (AvgIpc) is 2.42. The van der Waals surface area contributed by atoms with Crippen LogP contribution in [-0.4, -0.2) is 25.8 Å². The van der Waals surface area contributed by atoms with E-state index in [4.69, 9.17) is 4.74 Å². The summed E-state index contributed by atoms with van der Waals surface area (Å²) in [7, 11) is 0. The first-order chi connectivity index (χ1) is 9.24. The van der Waals surface area contributed by atoms with Crippen molar-refractivity contribution < 1.29 is 4.74 Å². The van der Waals surface area contributed by atoms with E-state index in [-0.39, 0.29) is 0 Å². The second kappa shape index (κ2) is 9.99. The Hall–Kier alpha value is -0.860.